The number of aromatic nitrogens is 3. The molecule has 0 N–H and O–H groups in total. The number of carbonyl (C=O) groups excluding carboxylic acids is 2. The summed E-state index contributed by atoms with van der Waals surface area (Å²) in [5.41, 5.74) is 2.66. The van der Waals surface area contributed by atoms with Gasteiger partial charge in [0.2, 0.25) is 0 Å². The molecule has 8 nitrogen and oxygen atoms in total. The Kier molecular flexibility index (Phi) is 5.68. The summed E-state index contributed by atoms with van der Waals surface area (Å²) in [6, 6.07) is 8.40. The minimum Gasteiger partial charge on any atom is -0.369 e. The van der Waals surface area contributed by atoms with Crippen molar-refractivity contribution in [2.75, 3.05) is 27.2 Å². The van der Waals surface area contributed by atoms with Gasteiger partial charge in [0.1, 0.15) is 12.0 Å². The van der Waals surface area contributed by atoms with E-state index in [1.165, 1.54) is 11.2 Å². The van der Waals surface area contributed by atoms with Crippen LogP contribution in [0.5, 0.6) is 0 Å². The molecule has 1 aliphatic rings. The predicted molar refractivity (Wildman–Crippen MR) is 115 cm³/mol. The van der Waals surface area contributed by atoms with Gasteiger partial charge in [0.25, 0.3) is 17.7 Å². The van der Waals surface area contributed by atoms with Gasteiger partial charge < -0.3 is 9.80 Å². The molecule has 1 saturated heterocycles. The molecule has 10 heteroatoms. The third-order valence-corrected chi connectivity index (χ3v) is 5.23. The molecule has 166 valence electrons. The highest BCUT2D eigenvalue weighted by atomic mass is 19.3. The Morgan fingerprint density at radius 3 is 2.53 bits per heavy atom. The molecule has 3 heterocycles. The highest BCUT2D eigenvalue weighted by molar-refractivity contribution is 5.98. The summed E-state index contributed by atoms with van der Waals surface area (Å²) in [5, 5.41) is 0. The average Bonchev–Trinajstić information content (AvgIpc) is 3.20. The quantitative estimate of drug-likeness (QED) is 0.460. The van der Waals surface area contributed by atoms with Crippen LogP contribution in [0.3, 0.4) is 0 Å². The Hall–Kier alpha value is -3.69. The molecule has 4 rings (SSSR count). The lowest BCUT2D eigenvalue weighted by atomic mass is 10.1. The number of amides is 2. The van der Waals surface area contributed by atoms with E-state index in [9.17, 15) is 18.4 Å². The molecule has 1 aromatic carbocycles. The molecule has 0 bridgehead atoms. The average molecular weight is 440 g/mol. The minimum absolute atomic E-state index is 0.0354. The van der Waals surface area contributed by atoms with Gasteiger partial charge >= 0.3 is 0 Å². The van der Waals surface area contributed by atoms with Gasteiger partial charge in [0, 0.05) is 45.6 Å². The number of rotatable bonds is 4. The second-order valence-electron chi connectivity index (χ2n) is 7.88. The lowest BCUT2D eigenvalue weighted by molar-refractivity contribution is -0.0494. The summed E-state index contributed by atoms with van der Waals surface area (Å²) in [5.74, 6) is -3.43. The Morgan fingerprint density at radius 2 is 1.88 bits per heavy atom. The fourth-order valence-corrected chi connectivity index (χ4v) is 3.46. The Balaban J connectivity index is 1.53. The summed E-state index contributed by atoms with van der Waals surface area (Å²) in [4.78, 5) is 40.2. The normalized spacial score (nSPS) is 15.9. The number of fused-ring (bicyclic) bond motifs is 1. The van der Waals surface area contributed by atoms with Crippen molar-refractivity contribution in [3.63, 3.8) is 0 Å². The fraction of sp³-hybridized carbons (Fsp3) is 0.318. The van der Waals surface area contributed by atoms with Gasteiger partial charge in [0.05, 0.1) is 29.3 Å². The summed E-state index contributed by atoms with van der Waals surface area (Å²) < 4.78 is 28.5. The van der Waals surface area contributed by atoms with E-state index in [2.05, 4.69) is 15.0 Å². The number of aliphatic imine (C=N–C) groups is 1. The Morgan fingerprint density at radius 1 is 1.12 bits per heavy atom. The van der Waals surface area contributed by atoms with Gasteiger partial charge in [-0.25, -0.2) is 18.7 Å². The van der Waals surface area contributed by atoms with Crippen molar-refractivity contribution >= 4 is 29.2 Å². The molecule has 0 saturated carbocycles. The van der Waals surface area contributed by atoms with Crippen LogP contribution in [0.15, 0.2) is 47.8 Å². The van der Waals surface area contributed by atoms with Crippen LogP contribution in [0.2, 0.25) is 0 Å². The van der Waals surface area contributed by atoms with Crippen LogP contribution >= 0.6 is 0 Å². The first-order valence-electron chi connectivity index (χ1n) is 10.1. The number of pyridine rings is 1. The SMILES string of the molecule is CN(C)/C=N/C(=O)c1ccc(-n2cnc3cc(C(=O)N4CCC(F)(F)CC4)ccc32)cn1. The molecule has 0 spiro atoms. The number of piperidine rings is 1. The number of carbonyl (C=O) groups is 2. The molecule has 1 aliphatic heterocycles. The maximum Gasteiger partial charge on any atom is 0.296 e. The van der Waals surface area contributed by atoms with Crippen molar-refractivity contribution in [3.8, 4) is 5.69 Å². The van der Waals surface area contributed by atoms with Crippen molar-refractivity contribution in [2.45, 2.75) is 18.8 Å². The van der Waals surface area contributed by atoms with Crippen molar-refractivity contribution in [2.24, 2.45) is 4.99 Å². The monoisotopic (exact) mass is 440 g/mol. The second kappa shape index (κ2) is 8.45. The largest absolute Gasteiger partial charge is 0.369 e. The lowest BCUT2D eigenvalue weighted by Crippen LogP contribution is -2.42. The molecule has 3 aromatic rings. The van der Waals surface area contributed by atoms with Crippen molar-refractivity contribution in [1.82, 2.24) is 24.3 Å². The van der Waals surface area contributed by atoms with Crippen molar-refractivity contribution in [1.29, 1.82) is 0 Å². The Bertz CT molecular complexity index is 1180. The van der Waals surface area contributed by atoms with Gasteiger partial charge in [-0.2, -0.15) is 4.99 Å². The third-order valence-electron chi connectivity index (χ3n) is 5.23. The highest BCUT2D eigenvalue weighted by Gasteiger charge is 2.35. The van der Waals surface area contributed by atoms with Crippen LogP contribution in [-0.2, 0) is 0 Å². The summed E-state index contributed by atoms with van der Waals surface area (Å²) >= 11 is 0. The van der Waals surface area contributed by atoms with E-state index >= 15 is 0 Å². The zero-order chi connectivity index (χ0) is 22.9. The molecule has 2 aromatic heterocycles. The van der Waals surface area contributed by atoms with Crippen LogP contribution < -0.4 is 0 Å². The number of imidazole rings is 1. The topological polar surface area (TPSA) is 83.7 Å². The number of hydrogen-bond acceptors (Lipinski definition) is 4. The minimum atomic E-state index is -2.70. The molecule has 0 atom stereocenters. The molecule has 2 amide bonds. The molecule has 0 aliphatic carbocycles. The molecule has 1 fully saturated rings. The van der Waals surface area contributed by atoms with E-state index < -0.39 is 11.8 Å². The summed E-state index contributed by atoms with van der Waals surface area (Å²) in [6.45, 7) is 0.0707. The van der Waals surface area contributed by atoms with E-state index in [-0.39, 0.29) is 37.5 Å². The lowest BCUT2D eigenvalue weighted by Gasteiger charge is -2.31. The zero-order valence-electron chi connectivity index (χ0n) is 17.7. The van der Waals surface area contributed by atoms with Gasteiger partial charge in [0.15, 0.2) is 0 Å². The molecular weight excluding hydrogens is 418 g/mol. The van der Waals surface area contributed by atoms with E-state index in [4.69, 9.17) is 0 Å². The first-order chi connectivity index (χ1) is 15.2. The van der Waals surface area contributed by atoms with Gasteiger partial charge in [-0.05, 0) is 30.3 Å². The van der Waals surface area contributed by atoms with Crippen molar-refractivity contribution < 1.29 is 18.4 Å². The Labute approximate surface area is 183 Å². The predicted octanol–water partition coefficient (Wildman–Crippen LogP) is 3.02. The number of benzene rings is 1. The third kappa shape index (κ3) is 4.48. The smallest absolute Gasteiger partial charge is 0.296 e. The van der Waals surface area contributed by atoms with E-state index in [0.29, 0.717) is 16.8 Å². The standard InChI is InChI=1S/C22H22F2N6O2/c1-28(2)13-27-20(31)17-5-4-16(12-25-17)30-14-26-18-11-15(3-6-19(18)30)21(32)29-9-7-22(23,24)8-10-29/h3-6,11-14H,7-10H2,1-2H3/b27-13+. The van der Waals surface area contributed by atoms with Crippen molar-refractivity contribution in [3.05, 3.63) is 54.1 Å². The zero-order valence-corrected chi connectivity index (χ0v) is 17.7. The number of nitrogens with zero attached hydrogens (tertiary/aromatic N) is 6. The van der Waals surface area contributed by atoms with E-state index in [1.807, 2.05) is 0 Å². The van der Waals surface area contributed by atoms with E-state index in [1.54, 1.807) is 66.4 Å². The maximum absolute atomic E-state index is 13.4. The summed E-state index contributed by atoms with van der Waals surface area (Å²) in [6.07, 6.45) is 3.92. The molecular formula is C22H22F2N6O2. The second-order valence-corrected chi connectivity index (χ2v) is 7.88. The van der Waals surface area contributed by atoms with Gasteiger partial charge in [-0.1, -0.05) is 0 Å². The number of alkyl halides is 2. The van der Waals surface area contributed by atoms with Crippen LogP contribution in [0.4, 0.5) is 8.78 Å². The number of likely N-dealkylation sites (tertiary alicyclic amines) is 1. The van der Waals surface area contributed by atoms with E-state index in [0.717, 1.165) is 5.52 Å². The molecule has 0 unspecified atom stereocenters. The number of halogens is 2. The van der Waals surface area contributed by atoms with Crippen LogP contribution in [-0.4, -0.2) is 75.6 Å². The van der Waals surface area contributed by atoms with Gasteiger partial charge in [-0.15, -0.1) is 0 Å². The highest BCUT2D eigenvalue weighted by Crippen LogP contribution is 2.29. The van der Waals surface area contributed by atoms with Crippen LogP contribution in [0, 0.1) is 0 Å². The first-order valence-corrected chi connectivity index (χ1v) is 10.1. The molecule has 0 radical (unpaired) electrons. The van der Waals surface area contributed by atoms with Crippen LogP contribution in [0.25, 0.3) is 16.7 Å². The van der Waals surface area contributed by atoms with Gasteiger partial charge in [-0.3, -0.25) is 14.2 Å². The number of hydrogen-bond donors (Lipinski definition) is 0. The fourth-order valence-electron chi connectivity index (χ4n) is 3.46. The maximum atomic E-state index is 13.4. The molecule has 32 heavy (non-hydrogen) atoms. The summed E-state index contributed by atoms with van der Waals surface area (Å²) in [7, 11) is 3.53. The van der Waals surface area contributed by atoms with Crippen LogP contribution in [0.1, 0.15) is 33.7 Å². The first kappa shape index (κ1) is 21.5.